The molecule has 1 aromatic carbocycles. The summed E-state index contributed by atoms with van der Waals surface area (Å²) in [6, 6.07) is 7.70. The first-order chi connectivity index (χ1) is 16.4. The quantitative estimate of drug-likeness (QED) is 0.499. The predicted octanol–water partition coefficient (Wildman–Crippen LogP) is 3.60. The molecular weight excluding hydrogens is 454 g/mol. The molecule has 2 aliphatic rings. The summed E-state index contributed by atoms with van der Waals surface area (Å²) in [4.78, 5) is 14.3. The molecule has 4 rings (SSSR count). The Morgan fingerprint density at radius 1 is 1.18 bits per heavy atom. The third-order valence-electron chi connectivity index (χ3n) is 5.91. The van der Waals surface area contributed by atoms with Crippen LogP contribution in [0.15, 0.2) is 34.8 Å². The van der Waals surface area contributed by atoms with Gasteiger partial charge in [0, 0.05) is 53.7 Å². The van der Waals surface area contributed by atoms with E-state index in [1.54, 1.807) is 13.1 Å². The number of aromatic nitrogens is 2. The van der Waals surface area contributed by atoms with Gasteiger partial charge < -0.3 is 25.2 Å². The maximum Gasteiger partial charge on any atom is 0.162 e. The number of benzene rings is 1. The van der Waals surface area contributed by atoms with E-state index in [2.05, 4.69) is 22.5 Å². The van der Waals surface area contributed by atoms with Crippen molar-refractivity contribution in [1.29, 1.82) is 0 Å². The molecule has 0 bridgehead atoms. The number of nitrogens with zero attached hydrogens (tertiary/aromatic N) is 3. The second-order valence-corrected chi connectivity index (χ2v) is 9.18. The molecule has 3 N–H and O–H groups in total. The van der Waals surface area contributed by atoms with Crippen molar-refractivity contribution in [2.45, 2.75) is 38.8 Å². The summed E-state index contributed by atoms with van der Waals surface area (Å²) in [6.45, 7) is 6.87. The smallest absolute Gasteiger partial charge is 0.162 e. The van der Waals surface area contributed by atoms with Gasteiger partial charge in [0.25, 0.3) is 0 Å². The Morgan fingerprint density at radius 2 is 1.97 bits per heavy atom. The van der Waals surface area contributed by atoms with E-state index in [0.717, 1.165) is 54.4 Å². The second kappa shape index (κ2) is 11.3. The van der Waals surface area contributed by atoms with Gasteiger partial charge in [-0.25, -0.2) is 9.97 Å². The second-order valence-electron chi connectivity index (χ2n) is 8.75. The van der Waals surface area contributed by atoms with E-state index < -0.39 is 6.10 Å². The lowest BCUT2D eigenvalue weighted by Crippen LogP contribution is -2.29. The Bertz CT molecular complexity index is 1080. The highest BCUT2D eigenvalue weighted by atomic mass is 35.5. The zero-order chi connectivity index (χ0) is 24.1. The molecule has 1 aromatic heterocycles. The van der Waals surface area contributed by atoms with Crippen molar-refractivity contribution in [3.05, 3.63) is 40.6 Å². The van der Waals surface area contributed by atoms with Crippen molar-refractivity contribution in [2.75, 3.05) is 45.3 Å². The van der Waals surface area contributed by atoms with Gasteiger partial charge in [-0.1, -0.05) is 11.6 Å². The van der Waals surface area contributed by atoms with Crippen LogP contribution >= 0.6 is 11.6 Å². The summed E-state index contributed by atoms with van der Waals surface area (Å²) in [5.41, 5.74) is 4.81. The number of hydrogen-bond donors (Lipinski definition) is 3. The van der Waals surface area contributed by atoms with Crippen LogP contribution < -0.4 is 15.4 Å². The Hall–Kier alpha value is -2.52. The van der Waals surface area contributed by atoms with Gasteiger partial charge in [-0.2, -0.15) is 0 Å². The predicted molar refractivity (Wildman–Crippen MR) is 136 cm³/mol. The molecule has 2 aliphatic heterocycles. The van der Waals surface area contributed by atoms with Crippen LogP contribution in [0.1, 0.15) is 32.4 Å². The largest absolute Gasteiger partial charge is 0.491 e. The van der Waals surface area contributed by atoms with Crippen molar-refractivity contribution >= 4 is 28.7 Å². The highest BCUT2D eigenvalue weighted by Crippen LogP contribution is 2.31. The number of nitrogens with one attached hydrogen (secondary N) is 2. The van der Waals surface area contributed by atoms with Crippen LogP contribution in [0.2, 0.25) is 5.02 Å². The van der Waals surface area contributed by atoms with Crippen LogP contribution in [-0.2, 0) is 4.74 Å². The lowest BCUT2D eigenvalue weighted by atomic mass is 10.0. The molecule has 9 heteroatoms. The summed E-state index contributed by atoms with van der Waals surface area (Å²) in [5.74, 6) is 1.87. The van der Waals surface area contributed by atoms with E-state index in [1.807, 2.05) is 25.1 Å². The number of ether oxygens (including phenoxy) is 2. The van der Waals surface area contributed by atoms with Crippen molar-refractivity contribution in [3.8, 4) is 17.1 Å². The summed E-state index contributed by atoms with van der Waals surface area (Å²) >= 11 is 6.42. The normalized spacial score (nSPS) is 17.6. The van der Waals surface area contributed by atoms with E-state index in [9.17, 15) is 5.11 Å². The molecule has 1 atom stereocenters. The average Bonchev–Trinajstić information content (AvgIpc) is 3.16. The number of rotatable bonds is 9. The zero-order valence-corrected chi connectivity index (χ0v) is 20.7. The fourth-order valence-corrected chi connectivity index (χ4v) is 4.42. The number of anilines is 1. The fraction of sp³-hybridized carbons (Fsp3) is 0.480. The molecule has 0 radical (unpaired) electrons. The van der Waals surface area contributed by atoms with Gasteiger partial charge >= 0.3 is 0 Å². The fourth-order valence-electron chi connectivity index (χ4n) is 4.20. The van der Waals surface area contributed by atoms with E-state index in [1.165, 1.54) is 5.57 Å². The summed E-state index contributed by atoms with van der Waals surface area (Å²) in [6.07, 6.45) is 1.24. The van der Waals surface area contributed by atoms with Crippen LogP contribution in [0.25, 0.3) is 17.0 Å². The van der Waals surface area contributed by atoms with Crippen LogP contribution in [0.4, 0.5) is 5.82 Å². The van der Waals surface area contributed by atoms with Crippen LogP contribution in [0.5, 0.6) is 5.75 Å². The van der Waals surface area contributed by atoms with Crippen molar-refractivity contribution in [2.24, 2.45) is 4.99 Å². The number of halogens is 1. The minimum atomic E-state index is -0.623. The third-order valence-corrected chi connectivity index (χ3v) is 6.13. The topological polar surface area (TPSA) is 101 Å². The van der Waals surface area contributed by atoms with Gasteiger partial charge in [0.2, 0.25) is 0 Å². The molecule has 1 fully saturated rings. The molecular formula is C25H32ClN5O3. The molecule has 0 spiro atoms. The molecule has 1 unspecified atom stereocenters. The number of allylic oxidation sites excluding steroid dienone is 1. The minimum Gasteiger partial charge on any atom is -0.491 e. The van der Waals surface area contributed by atoms with Gasteiger partial charge in [0.15, 0.2) is 5.82 Å². The van der Waals surface area contributed by atoms with E-state index >= 15 is 0 Å². The molecule has 0 amide bonds. The molecule has 3 heterocycles. The van der Waals surface area contributed by atoms with Gasteiger partial charge in [-0.15, -0.1) is 0 Å². The van der Waals surface area contributed by atoms with Gasteiger partial charge in [0.05, 0.1) is 12.2 Å². The van der Waals surface area contributed by atoms with E-state index in [0.29, 0.717) is 35.7 Å². The molecule has 0 aliphatic carbocycles. The maximum atomic E-state index is 9.99. The first-order valence-corrected chi connectivity index (χ1v) is 12.0. The van der Waals surface area contributed by atoms with Crippen molar-refractivity contribution < 1.29 is 14.6 Å². The Kier molecular flexibility index (Phi) is 8.15. The molecule has 1 saturated heterocycles. The van der Waals surface area contributed by atoms with Crippen LogP contribution in [-0.4, -0.2) is 72.9 Å². The van der Waals surface area contributed by atoms with Gasteiger partial charge in [-0.05, 0) is 57.5 Å². The maximum absolute atomic E-state index is 9.99. The van der Waals surface area contributed by atoms with Gasteiger partial charge in [0.1, 0.15) is 24.3 Å². The number of likely N-dealkylation sites (N-methyl/N-ethyl adjacent to an activating group) is 1. The molecule has 182 valence electrons. The van der Waals surface area contributed by atoms with Crippen LogP contribution in [0, 0.1) is 0 Å². The molecule has 2 aromatic rings. The van der Waals surface area contributed by atoms with Gasteiger partial charge in [-0.3, -0.25) is 4.99 Å². The molecule has 34 heavy (non-hydrogen) atoms. The summed E-state index contributed by atoms with van der Waals surface area (Å²) in [5, 5.41) is 17.0. The first kappa shape index (κ1) is 24.6. The molecule has 8 nitrogen and oxygen atoms in total. The average molecular weight is 486 g/mol. The number of aliphatic imine (C=N–C) groups is 1. The number of hydrogen-bond acceptors (Lipinski definition) is 8. The van der Waals surface area contributed by atoms with E-state index in [4.69, 9.17) is 31.0 Å². The number of aliphatic hydroxyl groups is 1. The Morgan fingerprint density at radius 3 is 2.68 bits per heavy atom. The Labute approximate surface area is 205 Å². The first-order valence-electron chi connectivity index (χ1n) is 11.6. The van der Waals surface area contributed by atoms with E-state index in [-0.39, 0.29) is 6.61 Å². The number of aliphatic hydroxyl groups excluding tert-OH is 1. The summed E-state index contributed by atoms with van der Waals surface area (Å²) in [7, 11) is 1.78. The molecule has 0 saturated carbocycles. The highest BCUT2D eigenvalue weighted by Gasteiger charge is 2.21. The SMILES string of the molecule is CNCC(O)COc1cc(Cl)cc(-c2nc(NC3CCOCC3)cc(C3=C(C)CN=C3C)n2)c1. The lowest BCUT2D eigenvalue weighted by Gasteiger charge is -2.24. The zero-order valence-electron chi connectivity index (χ0n) is 19.9. The summed E-state index contributed by atoms with van der Waals surface area (Å²) < 4.78 is 11.3. The Balaban J connectivity index is 1.69. The lowest BCUT2D eigenvalue weighted by molar-refractivity contribution is 0.0904. The van der Waals surface area contributed by atoms with Crippen molar-refractivity contribution in [1.82, 2.24) is 15.3 Å². The standard InChI is InChI=1S/C25H32ClN5O3/c1-15-12-28-16(2)24(15)22-11-23(29-19-4-6-33-7-5-19)31-25(30-22)17-8-18(26)10-21(9-17)34-14-20(32)13-27-3/h8-11,19-20,27,32H,4-7,12-14H2,1-3H3,(H,29,30,31). The highest BCUT2D eigenvalue weighted by molar-refractivity contribution is 6.31. The third kappa shape index (κ3) is 6.13. The van der Waals surface area contributed by atoms with Crippen molar-refractivity contribution in [3.63, 3.8) is 0 Å². The monoisotopic (exact) mass is 485 g/mol. The minimum absolute atomic E-state index is 0.153. The van der Waals surface area contributed by atoms with Crippen LogP contribution in [0.3, 0.4) is 0 Å².